The van der Waals surface area contributed by atoms with Crippen molar-refractivity contribution in [3.05, 3.63) is 12.4 Å². The Morgan fingerprint density at radius 3 is 3.05 bits per heavy atom. The van der Waals surface area contributed by atoms with E-state index in [4.69, 9.17) is 16.3 Å². The van der Waals surface area contributed by atoms with Crippen molar-refractivity contribution < 1.29 is 9.53 Å². The minimum Gasteiger partial charge on any atom is -0.381 e. The minimum absolute atomic E-state index is 0.00809. The van der Waals surface area contributed by atoms with Crippen molar-refractivity contribution in [1.82, 2.24) is 9.78 Å². The van der Waals surface area contributed by atoms with E-state index in [1.807, 2.05) is 10.9 Å². The first-order valence-electron chi connectivity index (χ1n) is 6.74. The number of aromatic nitrogens is 2. The Balaban J connectivity index is 1.79. The summed E-state index contributed by atoms with van der Waals surface area (Å²) in [6.07, 6.45) is 6.89. The molecule has 1 saturated heterocycles. The molecule has 0 saturated carbocycles. The molecule has 1 aromatic heterocycles. The first kappa shape index (κ1) is 14.3. The third-order valence-electron chi connectivity index (χ3n) is 3.24. The van der Waals surface area contributed by atoms with Crippen LogP contribution in [0.2, 0.25) is 0 Å². The van der Waals surface area contributed by atoms with Gasteiger partial charge >= 0.3 is 0 Å². The van der Waals surface area contributed by atoms with Gasteiger partial charge in [0.15, 0.2) is 0 Å². The molecule has 0 unspecified atom stereocenters. The Labute approximate surface area is 118 Å². The van der Waals surface area contributed by atoms with E-state index in [0.29, 0.717) is 24.6 Å². The molecular weight excluding hydrogens is 266 g/mol. The van der Waals surface area contributed by atoms with Crippen molar-refractivity contribution in [3.63, 3.8) is 0 Å². The summed E-state index contributed by atoms with van der Waals surface area (Å²) < 4.78 is 7.23. The van der Waals surface area contributed by atoms with Gasteiger partial charge in [-0.1, -0.05) is 0 Å². The maximum absolute atomic E-state index is 11.5. The normalized spacial score (nSPS) is 16.5. The summed E-state index contributed by atoms with van der Waals surface area (Å²) in [5, 5.41) is 7.11. The Hall–Kier alpha value is -1.07. The van der Waals surface area contributed by atoms with Gasteiger partial charge in [0.1, 0.15) is 0 Å². The number of nitrogens with zero attached hydrogens (tertiary/aromatic N) is 2. The fourth-order valence-electron chi connectivity index (χ4n) is 2.17. The second-order valence-electron chi connectivity index (χ2n) is 4.85. The van der Waals surface area contributed by atoms with E-state index >= 15 is 0 Å². The highest BCUT2D eigenvalue weighted by Crippen LogP contribution is 2.17. The largest absolute Gasteiger partial charge is 0.381 e. The van der Waals surface area contributed by atoms with Crippen LogP contribution in [0.1, 0.15) is 25.7 Å². The number of hydrogen-bond donors (Lipinski definition) is 1. The van der Waals surface area contributed by atoms with Crippen LogP contribution in [0.3, 0.4) is 0 Å². The summed E-state index contributed by atoms with van der Waals surface area (Å²) in [7, 11) is 0. The van der Waals surface area contributed by atoms with Crippen LogP contribution >= 0.6 is 11.6 Å². The lowest BCUT2D eigenvalue weighted by atomic mass is 10.0. The van der Waals surface area contributed by atoms with Gasteiger partial charge in [-0.05, 0) is 25.2 Å². The fraction of sp³-hybridized carbons (Fsp3) is 0.692. The minimum atomic E-state index is -0.00809. The topological polar surface area (TPSA) is 56.2 Å². The molecule has 19 heavy (non-hydrogen) atoms. The van der Waals surface area contributed by atoms with Crippen LogP contribution in [0.4, 0.5) is 5.69 Å². The molecule has 2 rings (SSSR count). The number of rotatable bonds is 6. The number of amides is 1. The predicted molar refractivity (Wildman–Crippen MR) is 74.4 cm³/mol. The quantitative estimate of drug-likeness (QED) is 0.816. The van der Waals surface area contributed by atoms with Crippen LogP contribution in [0.25, 0.3) is 0 Å². The van der Waals surface area contributed by atoms with Crippen LogP contribution in [0.5, 0.6) is 0 Å². The zero-order valence-electron chi connectivity index (χ0n) is 11.0. The van der Waals surface area contributed by atoms with Crippen LogP contribution in [-0.2, 0) is 16.1 Å². The van der Waals surface area contributed by atoms with Crippen molar-refractivity contribution in [2.24, 2.45) is 5.92 Å². The maximum atomic E-state index is 11.5. The summed E-state index contributed by atoms with van der Waals surface area (Å²) in [5.74, 6) is 1.12. The number of ether oxygens (including phenoxy) is 1. The van der Waals surface area contributed by atoms with Crippen molar-refractivity contribution in [2.75, 3.05) is 24.4 Å². The predicted octanol–water partition coefficient (Wildman–Crippen LogP) is 2.27. The Morgan fingerprint density at radius 2 is 2.32 bits per heavy atom. The third-order valence-corrected chi connectivity index (χ3v) is 3.51. The molecular formula is C13H20ClN3O2. The van der Waals surface area contributed by atoms with Crippen LogP contribution in [-0.4, -0.2) is 34.8 Å². The van der Waals surface area contributed by atoms with Gasteiger partial charge in [0.2, 0.25) is 5.91 Å². The van der Waals surface area contributed by atoms with Gasteiger partial charge in [0.05, 0.1) is 11.9 Å². The molecule has 0 bridgehead atoms. The standard InChI is InChI=1S/C13H20ClN3O2/c14-5-1-2-13(18)16-12-8-15-17(10-12)9-11-3-6-19-7-4-11/h8,10-11H,1-7,9H2,(H,16,18). The molecule has 1 aromatic rings. The number of carbonyl (C=O) groups excluding carboxylic acids is 1. The molecule has 1 amide bonds. The summed E-state index contributed by atoms with van der Waals surface area (Å²) in [6, 6.07) is 0. The van der Waals surface area contributed by atoms with Crippen molar-refractivity contribution in [3.8, 4) is 0 Å². The van der Waals surface area contributed by atoms with E-state index in [1.54, 1.807) is 6.20 Å². The fourth-order valence-corrected chi connectivity index (χ4v) is 2.31. The lowest BCUT2D eigenvalue weighted by Crippen LogP contribution is -2.20. The average molecular weight is 286 g/mol. The molecule has 0 radical (unpaired) electrons. The molecule has 106 valence electrons. The molecule has 0 aromatic carbocycles. The molecule has 0 atom stereocenters. The van der Waals surface area contributed by atoms with Crippen molar-refractivity contribution >= 4 is 23.2 Å². The first-order chi connectivity index (χ1) is 9.28. The second-order valence-corrected chi connectivity index (χ2v) is 5.23. The summed E-state index contributed by atoms with van der Waals surface area (Å²) >= 11 is 5.55. The molecule has 1 fully saturated rings. The van der Waals surface area contributed by atoms with Crippen LogP contribution < -0.4 is 5.32 Å². The van der Waals surface area contributed by atoms with Gasteiger partial charge < -0.3 is 10.1 Å². The van der Waals surface area contributed by atoms with E-state index in [9.17, 15) is 4.79 Å². The Morgan fingerprint density at radius 1 is 1.53 bits per heavy atom. The first-order valence-corrected chi connectivity index (χ1v) is 7.27. The Bertz CT molecular complexity index is 402. The zero-order chi connectivity index (χ0) is 13.5. The smallest absolute Gasteiger partial charge is 0.224 e. The number of carbonyl (C=O) groups is 1. The molecule has 0 spiro atoms. The van der Waals surface area contributed by atoms with Gasteiger partial charge in [0, 0.05) is 38.3 Å². The number of halogens is 1. The van der Waals surface area contributed by atoms with E-state index < -0.39 is 0 Å². The number of nitrogens with one attached hydrogen (secondary N) is 1. The van der Waals surface area contributed by atoms with Gasteiger partial charge in [-0.25, -0.2) is 0 Å². The van der Waals surface area contributed by atoms with E-state index in [0.717, 1.165) is 38.3 Å². The van der Waals surface area contributed by atoms with Crippen LogP contribution in [0, 0.1) is 5.92 Å². The average Bonchev–Trinajstić information content (AvgIpc) is 2.85. The van der Waals surface area contributed by atoms with E-state index in [1.165, 1.54) is 0 Å². The van der Waals surface area contributed by atoms with E-state index in [2.05, 4.69) is 10.4 Å². The number of anilines is 1. The van der Waals surface area contributed by atoms with Crippen molar-refractivity contribution in [1.29, 1.82) is 0 Å². The van der Waals surface area contributed by atoms with Crippen molar-refractivity contribution in [2.45, 2.75) is 32.2 Å². The Kier molecular flexibility index (Phi) is 5.66. The number of alkyl halides is 1. The van der Waals surface area contributed by atoms with Gasteiger partial charge in [0.25, 0.3) is 0 Å². The summed E-state index contributed by atoms with van der Waals surface area (Å²) in [4.78, 5) is 11.5. The lowest BCUT2D eigenvalue weighted by Gasteiger charge is -2.21. The molecule has 1 aliphatic heterocycles. The lowest BCUT2D eigenvalue weighted by molar-refractivity contribution is -0.116. The van der Waals surface area contributed by atoms with Gasteiger partial charge in [-0.3, -0.25) is 9.48 Å². The van der Waals surface area contributed by atoms with Gasteiger partial charge in [-0.2, -0.15) is 5.10 Å². The summed E-state index contributed by atoms with van der Waals surface area (Å²) in [5.41, 5.74) is 0.756. The molecule has 2 heterocycles. The molecule has 0 aliphatic carbocycles. The molecule has 5 nitrogen and oxygen atoms in total. The summed E-state index contributed by atoms with van der Waals surface area (Å²) in [6.45, 7) is 2.57. The molecule has 1 N–H and O–H groups in total. The molecule has 6 heteroatoms. The third kappa shape index (κ3) is 4.84. The maximum Gasteiger partial charge on any atom is 0.224 e. The van der Waals surface area contributed by atoms with E-state index in [-0.39, 0.29) is 5.91 Å². The van der Waals surface area contributed by atoms with Gasteiger partial charge in [-0.15, -0.1) is 11.6 Å². The SMILES string of the molecule is O=C(CCCCl)Nc1cnn(CC2CCOCC2)c1. The highest BCUT2D eigenvalue weighted by atomic mass is 35.5. The monoisotopic (exact) mass is 285 g/mol. The highest BCUT2D eigenvalue weighted by Gasteiger charge is 2.15. The highest BCUT2D eigenvalue weighted by molar-refractivity contribution is 6.18. The van der Waals surface area contributed by atoms with Crippen LogP contribution in [0.15, 0.2) is 12.4 Å². The zero-order valence-corrected chi connectivity index (χ0v) is 11.7. The molecule has 1 aliphatic rings. The second kappa shape index (κ2) is 7.50. The number of hydrogen-bond acceptors (Lipinski definition) is 3.